The molecule has 1 N–H and O–H groups in total. The van der Waals surface area contributed by atoms with Crippen molar-refractivity contribution in [2.45, 2.75) is 20.8 Å². The molecule has 5 nitrogen and oxygen atoms in total. The van der Waals surface area contributed by atoms with Crippen molar-refractivity contribution in [3.05, 3.63) is 81.1 Å². The van der Waals surface area contributed by atoms with Gasteiger partial charge in [0.15, 0.2) is 0 Å². The van der Waals surface area contributed by atoms with Gasteiger partial charge in [-0.05, 0) is 69.3 Å². The molecule has 0 bridgehead atoms. The van der Waals surface area contributed by atoms with Gasteiger partial charge in [0, 0.05) is 27.5 Å². The van der Waals surface area contributed by atoms with Crippen LogP contribution in [0.1, 0.15) is 34.2 Å². The lowest BCUT2D eigenvalue weighted by Crippen LogP contribution is -2.17. The topological polar surface area (TPSA) is 55.6 Å². The first-order chi connectivity index (χ1) is 13.9. The summed E-state index contributed by atoms with van der Waals surface area (Å²) in [6.07, 6.45) is 1.62. The van der Waals surface area contributed by atoms with Crippen molar-refractivity contribution in [2.75, 3.05) is 6.61 Å². The summed E-state index contributed by atoms with van der Waals surface area (Å²) < 4.78 is 7.40. The molecule has 150 valence electrons. The average Bonchev–Trinajstić information content (AvgIpc) is 2.96. The van der Waals surface area contributed by atoms with Crippen molar-refractivity contribution in [1.82, 2.24) is 9.99 Å². The van der Waals surface area contributed by atoms with E-state index in [1.807, 2.05) is 37.5 Å². The number of benzene rings is 2. The van der Waals surface area contributed by atoms with Crippen LogP contribution in [0.4, 0.5) is 0 Å². The number of halogens is 2. The summed E-state index contributed by atoms with van der Waals surface area (Å²) in [5, 5.41) is 5.24. The van der Waals surface area contributed by atoms with Gasteiger partial charge in [-0.2, -0.15) is 5.10 Å². The molecule has 2 aromatic carbocycles. The van der Waals surface area contributed by atoms with E-state index in [9.17, 15) is 4.79 Å². The van der Waals surface area contributed by atoms with Crippen molar-refractivity contribution >= 4 is 35.3 Å². The summed E-state index contributed by atoms with van der Waals surface area (Å²) in [4.78, 5) is 12.3. The van der Waals surface area contributed by atoms with Gasteiger partial charge in [-0.15, -0.1) is 0 Å². The summed E-state index contributed by atoms with van der Waals surface area (Å²) in [6.45, 7) is 6.43. The van der Waals surface area contributed by atoms with Crippen LogP contribution in [0.3, 0.4) is 0 Å². The second-order valence-corrected chi connectivity index (χ2v) is 7.26. The Morgan fingerprint density at radius 1 is 1.14 bits per heavy atom. The lowest BCUT2D eigenvalue weighted by molar-refractivity contribution is 0.0955. The third-order valence-corrected chi connectivity index (χ3v) is 4.96. The van der Waals surface area contributed by atoms with E-state index in [1.54, 1.807) is 42.6 Å². The third kappa shape index (κ3) is 4.81. The van der Waals surface area contributed by atoms with Gasteiger partial charge in [-0.3, -0.25) is 4.79 Å². The van der Waals surface area contributed by atoms with Gasteiger partial charge in [-0.25, -0.2) is 5.43 Å². The van der Waals surface area contributed by atoms with Crippen LogP contribution >= 0.6 is 23.2 Å². The van der Waals surface area contributed by atoms with Crippen LogP contribution in [0.2, 0.25) is 10.0 Å². The van der Waals surface area contributed by atoms with Crippen LogP contribution in [-0.4, -0.2) is 23.3 Å². The maximum Gasteiger partial charge on any atom is 0.271 e. The third-order valence-electron chi connectivity index (χ3n) is 4.42. The number of hydrogen-bond acceptors (Lipinski definition) is 3. The monoisotopic (exact) mass is 429 g/mol. The summed E-state index contributed by atoms with van der Waals surface area (Å²) >= 11 is 12.4. The largest absolute Gasteiger partial charge is 0.494 e. The molecular formula is C22H21Cl2N3O2. The first-order valence-corrected chi connectivity index (χ1v) is 9.87. The molecule has 0 fully saturated rings. The molecule has 0 radical (unpaired) electrons. The van der Waals surface area contributed by atoms with E-state index in [2.05, 4.69) is 10.5 Å². The first kappa shape index (κ1) is 21.0. The minimum Gasteiger partial charge on any atom is -0.494 e. The van der Waals surface area contributed by atoms with Gasteiger partial charge in [0.1, 0.15) is 5.75 Å². The Morgan fingerprint density at radius 3 is 2.52 bits per heavy atom. The van der Waals surface area contributed by atoms with Gasteiger partial charge >= 0.3 is 0 Å². The number of hydrazone groups is 1. The maximum atomic E-state index is 12.3. The second kappa shape index (κ2) is 9.16. The van der Waals surface area contributed by atoms with E-state index in [0.717, 1.165) is 28.4 Å². The number of amides is 1. The van der Waals surface area contributed by atoms with Crippen LogP contribution in [0.5, 0.6) is 5.75 Å². The number of rotatable bonds is 6. The van der Waals surface area contributed by atoms with Crippen LogP contribution in [-0.2, 0) is 0 Å². The molecule has 0 saturated heterocycles. The molecule has 0 atom stereocenters. The zero-order valence-corrected chi connectivity index (χ0v) is 17.9. The lowest BCUT2D eigenvalue weighted by Gasteiger charge is -2.11. The second-order valence-electron chi connectivity index (χ2n) is 6.41. The number of carbonyl (C=O) groups excluding carboxylic acids is 1. The highest BCUT2D eigenvalue weighted by atomic mass is 35.5. The molecule has 0 unspecified atom stereocenters. The highest BCUT2D eigenvalue weighted by molar-refractivity contribution is 6.35. The Kier molecular flexibility index (Phi) is 6.62. The Hall–Kier alpha value is -2.76. The predicted octanol–water partition coefficient (Wildman–Crippen LogP) is 5.56. The fraction of sp³-hybridized carbons (Fsp3) is 0.182. The normalized spacial score (nSPS) is 11.1. The zero-order chi connectivity index (χ0) is 21.0. The molecule has 0 saturated carbocycles. The van der Waals surface area contributed by atoms with Gasteiger partial charge in [0.05, 0.1) is 23.5 Å². The van der Waals surface area contributed by atoms with Crippen molar-refractivity contribution in [3.63, 3.8) is 0 Å². The Balaban J connectivity index is 1.75. The van der Waals surface area contributed by atoms with E-state index in [0.29, 0.717) is 22.2 Å². The summed E-state index contributed by atoms with van der Waals surface area (Å²) in [5.41, 5.74) is 6.71. The average molecular weight is 430 g/mol. The smallest absolute Gasteiger partial charge is 0.271 e. The molecular weight excluding hydrogens is 409 g/mol. The Labute approximate surface area is 179 Å². The number of nitrogens with zero attached hydrogens (tertiary/aromatic N) is 2. The fourth-order valence-corrected chi connectivity index (χ4v) is 3.54. The van der Waals surface area contributed by atoms with E-state index in [-0.39, 0.29) is 5.91 Å². The van der Waals surface area contributed by atoms with Crippen molar-refractivity contribution < 1.29 is 9.53 Å². The van der Waals surface area contributed by atoms with Gasteiger partial charge in [0.2, 0.25) is 0 Å². The predicted molar refractivity (Wildman–Crippen MR) is 118 cm³/mol. The summed E-state index contributed by atoms with van der Waals surface area (Å²) in [5.74, 6) is 0.430. The van der Waals surface area contributed by atoms with Crippen molar-refractivity contribution in [2.24, 2.45) is 5.10 Å². The van der Waals surface area contributed by atoms with E-state index >= 15 is 0 Å². The first-order valence-electron chi connectivity index (χ1n) is 9.11. The highest BCUT2D eigenvalue weighted by Gasteiger charge is 2.12. The number of carbonyl (C=O) groups is 1. The van der Waals surface area contributed by atoms with Gasteiger partial charge < -0.3 is 9.30 Å². The van der Waals surface area contributed by atoms with Crippen LogP contribution < -0.4 is 10.2 Å². The molecule has 7 heteroatoms. The fourth-order valence-electron chi connectivity index (χ4n) is 3.05. The summed E-state index contributed by atoms with van der Waals surface area (Å²) in [6, 6.07) is 14.3. The molecule has 1 heterocycles. The summed E-state index contributed by atoms with van der Waals surface area (Å²) in [7, 11) is 0. The van der Waals surface area contributed by atoms with Crippen LogP contribution in [0, 0.1) is 13.8 Å². The maximum absolute atomic E-state index is 12.3. The quantitative estimate of drug-likeness (QED) is 0.411. The number of ether oxygens (including phenoxy) is 1. The molecule has 3 aromatic rings. The lowest BCUT2D eigenvalue weighted by atomic mass is 10.2. The minimum atomic E-state index is -0.293. The van der Waals surface area contributed by atoms with E-state index in [1.165, 1.54) is 0 Å². The Morgan fingerprint density at radius 2 is 1.86 bits per heavy atom. The number of aromatic nitrogens is 1. The molecule has 3 rings (SSSR count). The van der Waals surface area contributed by atoms with Crippen molar-refractivity contribution in [1.29, 1.82) is 0 Å². The van der Waals surface area contributed by atoms with Crippen molar-refractivity contribution in [3.8, 4) is 11.4 Å². The van der Waals surface area contributed by atoms with Crippen LogP contribution in [0.25, 0.3) is 5.69 Å². The molecule has 0 aliphatic rings. The molecule has 1 amide bonds. The molecule has 0 aliphatic carbocycles. The molecule has 0 aliphatic heterocycles. The SMILES string of the molecule is CCOc1ccc(C(=O)N/N=C/c2cc(C)n(-c3ccc(Cl)cc3Cl)c2C)cc1. The zero-order valence-electron chi connectivity index (χ0n) is 16.4. The number of aryl methyl sites for hydroxylation is 1. The number of nitrogens with one attached hydrogen (secondary N) is 1. The Bertz CT molecular complexity index is 1060. The standard InChI is InChI=1S/C22H21Cl2N3O2/c1-4-29-19-8-5-16(6-9-19)22(28)26-25-13-17-11-14(2)27(15(17)3)21-10-7-18(23)12-20(21)24/h5-13H,4H2,1-3H3,(H,26,28)/b25-13+. The van der Waals surface area contributed by atoms with Gasteiger partial charge in [0.25, 0.3) is 5.91 Å². The molecule has 29 heavy (non-hydrogen) atoms. The van der Waals surface area contributed by atoms with E-state index < -0.39 is 0 Å². The molecule has 0 spiro atoms. The highest BCUT2D eigenvalue weighted by Crippen LogP contribution is 2.28. The van der Waals surface area contributed by atoms with Crippen LogP contribution in [0.15, 0.2) is 53.6 Å². The minimum absolute atomic E-state index is 0.293. The van der Waals surface area contributed by atoms with E-state index in [4.69, 9.17) is 27.9 Å². The number of hydrogen-bond donors (Lipinski definition) is 1. The molecule has 1 aromatic heterocycles. The van der Waals surface area contributed by atoms with Gasteiger partial charge in [-0.1, -0.05) is 23.2 Å².